The Morgan fingerprint density at radius 2 is 1.19 bits per heavy atom. The number of hydrogen-bond acceptors (Lipinski definition) is 3. The summed E-state index contributed by atoms with van der Waals surface area (Å²) < 4.78 is 0. The first-order valence-electron chi connectivity index (χ1n) is 14.4. The highest BCUT2D eigenvalue weighted by Crippen LogP contribution is 2.40. The zero-order valence-corrected chi connectivity index (χ0v) is 24.6. The topological polar surface area (TPSA) is 29.0 Å². The van der Waals surface area contributed by atoms with Crippen LogP contribution < -0.4 is 15.3 Å². The summed E-state index contributed by atoms with van der Waals surface area (Å²) in [5, 5.41) is 6.38. The van der Waals surface area contributed by atoms with Crippen LogP contribution in [-0.2, 0) is 0 Å². The van der Waals surface area contributed by atoms with Gasteiger partial charge in [0.05, 0.1) is 5.52 Å². The highest BCUT2D eigenvalue weighted by Gasteiger charge is 2.38. The molecule has 1 aliphatic heterocycles. The van der Waals surface area contributed by atoms with E-state index in [9.17, 15) is 0 Å². The number of fused-ring (bicyclic) bond motifs is 5. The summed E-state index contributed by atoms with van der Waals surface area (Å²) in [5.41, 5.74) is 9.45. The van der Waals surface area contributed by atoms with E-state index in [2.05, 4.69) is 155 Å². The molecule has 0 saturated carbocycles. The van der Waals surface area contributed by atoms with E-state index in [0.717, 1.165) is 10.9 Å². The molecule has 42 heavy (non-hydrogen) atoms. The van der Waals surface area contributed by atoms with Gasteiger partial charge in [-0.05, 0) is 79.8 Å². The van der Waals surface area contributed by atoms with Crippen molar-refractivity contribution in [1.82, 2.24) is 9.97 Å². The third-order valence-electron chi connectivity index (χ3n) is 8.80. The maximum absolute atomic E-state index is 4.66. The molecule has 200 valence electrons. The van der Waals surface area contributed by atoms with E-state index in [4.69, 9.17) is 0 Å². The molecule has 8 rings (SSSR count). The molecule has 0 bridgehead atoms. The standard InChI is InChI=1S/C38H29N3Si/c1-42(2)37-14-8-6-12-35(37)41(36-13-7-9-15-38(36)42)29-19-16-27(17-20-29)31-23-34-33(24-39-25-40-34)32-22-28(18-21-30(31)32)26-10-4-3-5-11-26/h3-25H,1-2H3. The Kier molecular flexibility index (Phi) is 5.59. The molecule has 0 amide bonds. The van der Waals surface area contributed by atoms with Gasteiger partial charge in [0, 0.05) is 28.6 Å². The molecule has 0 aliphatic carbocycles. The first-order chi connectivity index (χ1) is 20.6. The third-order valence-corrected chi connectivity index (χ3v) is 12.3. The molecule has 0 spiro atoms. The maximum atomic E-state index is 4.66. The van der Waals surface area contributed by atoms with Crippen LogP contribution >= 0.6 is 0 Å². The summed E-state index contributed by atoms with van der Waals surface area (Å²) in [6.07, 6.45) is 3.57. The molecular formula is C38H29N3Si. The van der Waals surface area contributed by atoms with Gasteiger partial charge in [0.2, 0.25) is 0 Å². The van der Waals surface area contributed by atoms with Crippen LogP contribution in [0.1, 0.15) is 0 Å². The second-order valence-electron chi connectivity index (χ2n) is 11.5. The number of anilines is 3. The molecule has 0 fully saturated rings. The van der Waals surface area contributed by atoms with Crippen molar-refractivity contribution in [2.24, 2.45) is 0 Å². The number of benzene rings is 6. The first kappa shape index (κ1) is 24.7. The summed E-state index contributed by atoms with van der Waals surface area (Å²) in [6, 6.07) is 46.4. The summed E-state index contributed by atoms with van der Waals surface area (Å²) in [4.78, 5) is 11.5. The Balaban J connectivity index is 1.28. The maximum Gasteiger partial charge on any atom is 0.117 e. The zero-order chi connectivity index (χ0) is 28.3. The van der Waals surface area contributed by atoms with Gasteiger partial charge in [-0.2, -0.15) is 0 Å². The van der Waals surface area contributed by atoms with Gasteiger partial charge in [-0.25, -0.2) is 9.97 Å². The molecule has 1 aromatic heterocycles. The van der Waals surface area contributed by atoms with Crippen LogP contribution in [0.5, 0.6) is 0 Å². The molecule has 0 radical (unpaired) electrons. The van der Waals surface area contributed by atoms with Crippen molar-refractivity contribution in [3.63, 3.8) is 0 Å². The normalized spacial score (nSPS) is 13.6. The van der Waals surface area contributed by atoms with Crippen LogP contribution in [0.25, 0.3) is 43.9 Å². The van der Waals surface area contributed by atoms with E-state index in [1.165, 1.54) is 60.5 Å². The van der Waals surface area contributed by atoms with Crippen molar-refractivity contribution in [1.29, 1.82) is 0 Å². The Bertz CT molecular complexity index is 2070. The monoisotopic (exact) mass is 555 g/mol. The second kappa shape index (κ2) is 9.50. The van der Waals surface area contributed by atoms with Gasteiger partial charge in [0.1, 0.15) is 14.4 Å². The second-order valence-corrected chi connectivity index (χ2v) is 15.9. The number of para-hydroxylation sites is 2. The van der Waals surface area contributed by atoms with Crippen molar-refractivity contribution < 1.29 is 0 Å². The lowest BCUT2D eigenvalue weighted by molar-refractivity contribution is 1.23. The summed E-state index contributed by atoms with van der Waals surface area (Å²) >= 11 is 0. The molecule has 0 atom stereocenters. The Hall–Kier alpha value is -5.06. The average Bonchev–Trinajstić information content (AvgIpc) is 3.05. The largest absolute Gasteiger partial charge is 0.311 e. The van der Waals surface area contributed by atoms with Crippen molar-refractivity contribution in [3.05, 3.63) is 140 Å². The van der Waals surface area contributed by atoms with Crippen LogP contribution in [0.3, 0.4) is 0 Å². The number of aromatic nitrogens is 2. The van der Waals surface area contributed by atoms with E-state index >= 15 is 0 Å². The minimum Gasteiger partial charge on any atom is -0.311 e. The van der Waals surface area contributed by atoms with Crippen molar-refractivity contribution >= 4 is 57.2 Å². The van der Waals surface area contributed by atoms with Gasteiger partial charge in [-0.15, -0.1) is 0 Å². The number of nitrogens with zero attached hydrogens (tertiary/aromatic N) is 3. The summed E-state index contributed by atoms with van der Waals surface area (Å²) in [7, 11) is -1.81. The van der Waals surface area contributed by atoms with Crippen LogP contribution in [-0.4, -0.2) is 18.0 Å². The molecule has 0 saturated heterocycles. The lowest BCUT2D eigenvalue weighted by atomic mass is 9.93. The fraction of sp³-hybridized carbons (Fsp3) is 0.0526. The number of hydrogen-bond donors (Lipinski definition) is 0. The van der Waals surface area contributed by atoms with Gasteiger partial charge in [0.25, 0.3) is 0 Å². The predicted molar refractivity (Wildman–Crippen MR) is 179 cm³/mol. The molecular weight excluding hydrogens is 527 g/mol. The molecule has 7 aromatic rings. The SMILES string of the molecule is C[Si]1(C)c2ccccc2N(c2ccc(-c3cc4ncncc4c4cc(-c5ccccc5)ccc34)cc2)c2ccccc21. The molecule has 6 aromatic carbocycles. The van der Waals surface area contributed by atoms with Crippen molar-refractivity contribution in [2.45, 2.75) is 13.1 Å². The van der Waals surface area contributed by atoms with Gasteiger partial charge in [-0.3, -0.25) is 0 Å². The van der Waals surface area contributed by atoms with Crippen molar-refractivity contribution in [3.8, 4) is 22.3 Å². The summed E-state index contributed by atoms with van der Waals surface area (Å²) in [6.45, 7) is 4.92. The Morgan fingerprint density at radius 3 is 1.90 bits per heavy atom. The number of rotatable bonds is 3. The lowest BCUT2D eigenvalue weighted by Crippen LogP contribution is -2.58. The Labute approximate surface area is 246 Å². The average molecular weight is 556 g/mol. The molecule has 0 N–H and O–H groups in total. The lowest BCUT2D eigenvalue weighted by Gasteiger charge is -2.41. The van der Waals surface area contributed by atoms with Crippen LogP contribution in [0.2, 0.25) is 13.1 Å². The zero-order valence-electron chi connectivity index (χ0n) is 23.6. The van der Waals surface area contributed by atoms with Crippen LogP contribution in [0, 0.1) is 0 Å². The van der Waals surface area contributed by atoms with Crippen LogP contribution in [0.15, 0.2) is 140 Å². The molecule has 4 heteroatoms. The third kappa shape index (κ3) is 3.80. The van der Waals surface area contributed by atoms with Crippen LogP contribution in [0.4, 0.5) is 17.1 Å². The minimum absolute atomic E-state index is 0.952. The highest BCUT2D eigenvalue weighted by atomic mass is 28.3. The Morgan fingerprint density at radius 1 is 0.548 bits per heavy atom. The summed E-state index contributed by atoms with van der Waals surface area (Å²) in [5.74, 6) is 0. The van der Waals surface area contributed by atoms with Gasteiger partial charge in [0.15, 0.2) is 0 Å². The molecule has 2 heterocycles. The van der Waals surface area contributed by atoms with Gasteiger partial charge >= 0.3 is 0 Å². The van der Waals surface area contributed by atoms with Gasteiger partial charge in [-0.1, -0.05) is 104 Å². The molecule has 0 unspecified atom stereocenters. The molecule has 3 nitrogen and oxygen atoms in total. The predicted octanol–water partition coefficient (Wildman–Crippen LogP) is 8.72. The van der Waals surface area contributed by atoms with E-state index in [1.807, 2.05) is 6.20 Å². The smallest absolute Gasteiger partial charge is 0.117 e. The van der Waals surface area contributed by atoms with E-state index < -0.39 is 8.07 Å². The first-order valence-corrected chi connectivity index (χ1v) is 17.4. The van der Waals surface area contributed by atoms with E-state index in [0.29, 0.717) is 0 Å². The minimum atomic E-state index is -1.81. The fourth-order valence-electron chi connectivity index (χ4n) is 6.66. The van der Waals surface area contributed by atoms with E-state index in [-0.39, 0.29) is 0 Å². The quantitative estimate of drug-likeness (QED) is 0.161. The van der Waals surface area contributed by atoms with Crippen molar-refractivity contribution in [2.75, 3.05) is 4.90 Å². The van der Waals surface area contributed by atoms with Gasteiger partial charge < -0.3 is 4.90 Å². The molecule has 1 aliphatic rings. The fourth-order valence-corrected chi connectivity index (χ4v) is 9.65. The highest BCUT2D eigenvalue weighted by molar-refractivity contribution is 7.02. The van der Waals surface area contributed by atoms with E-state index in [1.54, 1.807) is 6.33 Å².